The predicted octanol–water partition coefficient (Wildman–Crippen LogP) is 3.23. The molecule has 0 spiro atoms. The molecule has 3 rings (SSSR count). The number of aliphatic hydroxyl groups excluding tert-OH is 1. The van der Waals surface area contributed by atoms with E-state index in [0.29, 0.717) is 5.92 Å². The van der Waals surface area contributed by atoms with Gasteiger partial charge in [-0.25, -0.2) is 0 Å². The lowest BCUT2D eigenvalue weighted by Crippen LogP contribution is -2.28. The molecule has 96 valence electrons. The van der Waals surface area contributed by atoms with Crippen LogP contribution in [-0.4, -0.2) is 24.4 Å². The molecule has 2 heterocycles. The van der Waals surface area contributed by atoms with E-state index in [1.54, 1.807) is 11.3 Å². The summed E-state index contributed by atoms with van der Waals surface area (Å²) in [6.45, 7) is 1.60. The Morgan fingerprint density at radius 1 is 1.28 bits per heavy atom. The SMILES string of the molecule is OC(Cc1csc2ccccc12)C1CCOCC1. The second kappa shape index (κ2) is 5.39. The Morgan fingerprint density at radius 2 is 2.06 bits per heavy atom. The Morgan fingerprint density at radius 3 is 2.89 bits per heavy atom. The van der Waals surface area contributed by atoms with E-state index in [0.717, 1.165) is 32.5 Å². The Kier molecular flexibility index (Phi) is 3.64. The van der Waals surface area contributed by atoms with Crippen LogP contribution in [0.15, 0.2) is 29.6 Å². The minimum absolute atomic E-state index is 0.230. The van der Waals surface area contributed by atoms with Crippen molar-refractivity contribution in [1.82, 2.24) is 0 Å². The van der Waals surface area contributed by atoms with E-state index in [1.807, 2.05) is 0 Å². The highest BCUT2D eigenvalue weighted by Crippen LogP contribution is 2.29. The third-order valence-corrected chi connectivity index (χ3v) is 4.81. The average molecular weight is 262 g/mol. The Bertz CT molecular complexity index is 514. The molecule has 1 aromatic carbocycles. The van der Waals surface area contributed by atoms with Crippen LogP contribution >= 0.6 is 11.3 Å². The number of rotatable bonds is 3. The zero-order chi connectivity index (χ0) is 12.4. The van der Waals surface area contributed by atoms with Crippen LogP contribution < -0.4 is 0 Å². The van der Waals surface area contributed by atoms with Gasteiger partial charge in [-0.1, -0.05) is 18.2 Å². The zero-order valence-electron chi connectivity index (χ0n) is 10.3. The molecule has 1 fully saturated rings. The van der Waals surface area contributed by atoms with Crippen molar-refractivity contribution in [3.63, 3.8) is 0 Å². The maximum absolute atomic E-state index is 10.4. The van der Waals surface area contributed by atoms with Crippen LogP contribution in [0.25, 0.3) is 10.1 Å². The van der Waals surface area contributed by atoms with E-state index in [9.17, 15) is 5.11 Å². The van der Waals surface area contributed by atoms with Gasteiger partial charge in [0.05, 0.1) is 6.10 Å². The first kappa shape index (κ1) is 12.2. The van der Waals surface area contributed by atoms with Gasteiger partial charge in [0, 0.05) is 24.3 Å². The number of hydrogen-bond donors (Lipinski definition) is 1. The minimum Gasteiger partial charge on any atom is -0.392 e. The Balaban J connectivity index is 1.75. The highest BCUT2D eigenvalue weighted by atomic mass is 32.1. The van der Waals surface area contributed by atoms with Gasteiger partial charge in [-0.2, -0.15) is 0 Å². The minimum atomic E-state index is -0.230. The molecular formula is C15H18O2S. The van der Waals surface area contributed by atoms with Crippen molar-refractivity contribution < 1.29 is 9.84 Å². The highest BCUT2D eigenvalue weighted by Gasteiger charge is 2.23. The fraction of sp³-hybridized carbons (Fsp3) is 0.467. The number of aliphatic hydroxyl groups is 1. The number of thiophene rings is 1. The molecular weight excluding hydrogens is 244 g/mol. The van der Waals surface area contributed by atoms with Crippen LogP contribution in [0.2, 0.25) is 0 Å². The lowest BCUT2D eigenvalue weighted by atomic mass is 9.90. The Hall–Kier alpha value is -0.900. The smallest absolute Gasteiger partial charge is 0.0610 e. The summed E-state index contributed by atoms with van der Waals surface area (Å²) in [4.78, 5) is 0. The Labute approximate surface area is 111 Å². The van der Waals surface area contributed by atoms with Gasteiger partial charge >= 0.3 is 0 Å². The van der Waals surface area contributed by atoms with Gasteiger partial charge in [-0.3, -0.25) is 0 Å². The van der Waals surface area contributed by atoms with Crippen molar-refractivity contribution in [2.45, 2.75) is 25.4 Å². The lowest BCUT2D eigenvalue weighted by Gasteiger charge is -2.26. The van der Waals surface area contributed by atoms with Crippen molar-refractivity contribution in [2.75, 3.05) is 13.2 Å². The first-order valence-corrected chi connectivity index (χ1v) is 7.43. The van der Waals surface area contributed by atoms with Gasteiger partial charge < -0.3 is 9.84 Å². The van der Waals surface area contributed by atoms with E-state index >= 15 is 0 Å². The molecule has 2 nitrogen and oxygen atoms in total. The highest BCUT2D eigenvalue weighted by molar-refractivity contribution is 7.17. The van der Waals surface area contributed by atoms with Crippen molar-refractivity contribution in [3.8, 4) is 0 Å². The summed E-state index contributed by atoms with van der Waals surface area (Å²) >= 11 is 1.77. The van der Waals surface area contributed by atoms with Gasteiger partial charge in [0.1, 0.15) is 0 Å². The molecule has 0 radical (unpaired) electrons. The maximum atomic E-state index is 10.4. The fourth-order valence-corrected chi connectivity index (χ4v) is 3.66. The molecule has 0 saturated carbocycles. The van der Waals surface area contributed by atoms with Gasteiger partial charge in [0.25, 0.3) is 0 Å². The fourth-order valence-electron chi connectivity index (χ4n) is 2.68. The maximum Gasteiger partial charge on any atom is 0.0610 e. The third kappa shape index (κ3) is 2.44. The molecule has 1 unspecified atom stereocenters. The second-order valence-corrected chi connectivity index (χ2v) is 5.89. The second-order valence-electron chi connectivity index (χ2n) is 4.98. The zero-order valence-corrected chi connectivity index (χ0v) is 11.2. The predicted molar refractivity (Wildman–Crippen MR) is 75.1 cm³/mol. The molecule has 1 saturated heterocycles. The van der Waals surface area contributed by atoms with Crippen LogP contribution in [0.1, 0.15) is 18.4 Å². The van der Waals surface area contributed by atoms with Crippen LogP contribution in [0.3, 0.4) is 0 Å². The number of benzene rings is 1. The molecule has 0 aliphatic carbocycles. The summed E-state index contributed by atoms with van der Waals surface area (Å²) in [7, 11) is 0. The monoisotopic (exact) mass is 262 g/mol. The first-order chi connectivity index (χ1) is 8.84. The van der Waals surface area contributed by atoms with Crippen molar-refractivity contribution >= 4 is 21.4 Å². The van der Waals surface area contributed by atoms with Crippen molar-refractivity contribution in [3.05, 3.63) is 35.2 Å². The van der Waals surface area contributed by atoms with Gasteiger partial charge in [-0.05, 0) is 41.2 Å². The average Bonchev–Trinajstić information content (AvgIpc) is 2.83. The summed E-state index contributed by atoms with van der Waals surface area (Å²) in [6, 6.07) is 8.43. The quantitative estimate of drug-likeness (QED) is 0.920. The first-order valence-electron chi connectivity index (χ1n) is 6.55. The summed E-state index contributed by atoms with van der Waals surface area (Å²) in [5.74, 6) is 0.400. The molecule has 3 heteroatoms. The third-order valence-electron chi connectivity index (χ3n) is 3.80. The molecule has 1 N–H and O–H groups in total. The molecule has 0 amide bonds. The van der Waals surface area contributed by atoms with E-state index in [4.69, 9.17) is 4.74 Å². The molecule has 0 bridgehead atoms. The van der Waals surface area contributed by atoms with E-state index in [-0.39, 0.29) is 6.10 Å². The van der Waals surface area contributed by atoms with Crippen molar-refractivity contribution in [1.29, 1.82) is 0 Å². The van der Waals surface area contributed by atoms with E-state index < -0.39 is 0 Å². The summed E-state index contributed by atoms with van der Waals surface area (Å²) in [6.07, 6.45) is 2.52. The summed E-state index contributed by atoms with van der Waals surface area (Å²) in [5, 5.41) is 13.8. The van der Waals surface area contributed by atoms with E-state index in [1.165, 1.54) is 15.6 Å². The molecule has 1 aromatic heterocycles. The van der Waals surface area contributed by atoms with Gasteiger partial charge in [0.2, 0.25) is 0 Å². The lowest BCUT2D eigenvalue weighted by molar-refractivity contribution is 0.00853. The summed E-state index contributed by atoms with van der Waals surface area (Å²) < 4.78 is 6.66. The number of hydrogen-bond acceptors (Lipinski definition) is 3. The molecule has 1 aliphatic rings. The van der Waals surface area contributed by atoms with Gasteiger partial charge in [-0.15, -0.1) is 11.3 Å². The summed E-state index contributed by atoms with van der Waals surface area (Å²) in [5.41, 5.74) is 1.29. The number of ether oxygens (including phenoxy) is 1. The molecule has 1 atom stereocenters. The van der Waals surface area contributed by atoms with Crippen LogP contribution in [-0.2, 0) is 11.2 Å². The van der Waals surface area contributed by atoms with E-state index in [2.05, 4.69) is 29.6 Å². The van der Waals surface area contributed by atoms with Crippen LogP contribution in [0.4, 0.5) is 0 Å². The topological polar surface area (TPSA) is 29.5 Å². The molecule has 18 heavy (non-hydrogen) atoms. The molecule has 2 aromatic rings. The van der Waals surface area contributed by atoms with Gasteiger partial charge in [0.15, 0.2) is 0 Å². The number of fused-ring (bicyclic) bond motifs is 1. The van der Waals surface area contributed by atoms with Crippen LogP contribution in [0.5, 0.6) is 0 Å². The van der Waals surface area contributed by atoms with Crippen LogP contribution in [0, 0.1) is 5.92 Å². The normalized spacial score (nSPS) is 19.2. The standard InChI is InChI=1S/C15H18O2S/c16-14(11-5-7-17-8-6-11)9-12-10-18-15-4-2-1-3-13(12)15/h1-4,10-11,14,16H,5-9H2. The van der Waals surface area contributed by atoms with Crippen molar-refractivity contribution in [2.24, 2.45) is 5.92 Å². The molecule has 1 aliphatic heterocycles. The largest absolute Gasteiger partial charge is 0.392 e.